The van der Waals surface area contributed by atoms with E-state index in [2.05, 4.69) is 0 Å². The highest BCUT2D eigenvalue weighted by atomic mass is 19.2. The van der Waals surface area contributed by atoms with Crippen LogP contribution in [0.15, 0.2) is 18.2 Å². The van der Waals surface area contributed by atoms with Gasteiger partial charge in [-0.05, 0) is 25.5 Å². The van der Waals surface area contributed by atoms with Gasteiger partial charge in [-0.25, -0.2) is 8.78 Å². The number of likely N-dealkylation sites (tertiary alicyclic amines) is 1. The maximum absolute atomic E-state index is 13.0. The molecule has 2 atom stereocenters. The summed E-state index contributed by atoms with van der Waals surface area (Å²) in [5.41, 5.74) is 5.73. The molecule has 6 heteroatoms. The van der Waals surface area contributed by atoms with Crippen LogP contribution in [-0.2, 0) is 4.79 Å². The number of rotatable bonds is 3. The van der Waals surface area contributed by atoms with E-state index in [1.54, 1.807) is 11.8 Å². The Kier molecular flexibility index (Phi) is 3.99. The van der Waals surface area contributed by atoms with E-state index < -0.39 is 17.7 Å². The van der Waals surface area contributed by atoms with Crippen LogP contribution in [0.3, 0.4) is 0 Å². The van der Waals surface area contributed by atoms with Crippen molar-refractivity contribution in [3.8, 4) is 5.75 Å². The smallest absolute Gasteiger partial charge is 0.263 e. The summed E-state index contributed by atoms with van der Waals surface area (Å²) in [6, 6.07) is 3.18. The third-order valence-electron chi connectivity index (χ3n) is 3.09. The zero-order valence-corrected chi connectivity index (χ0v) is 10.6. The zero-order chi connectivity index (χ0) is 14.0. The average molecular weight is 270 g/mol. The number of carbonyl (C=O) groups is 1. The van der Waals surface area contributed by atoms with Crippen LogP contribution in [0.1, 0.15) is 13.3 Å². The first-order valence-corrected chi connectivity index (χ1v) is 6.13. The van der Waals surface area contributed by atoms with Gasteiger partial charge < -0.3 is 15.4 Å². The molecule has 2 N–H and O–H groups in total. The molecule has 0 spiro atoms. The Morgan fingerprint density at radius 3 is 2.79 bits per heavy atom. The summed E-state index contributed by atoms with van der Waals surface area (Å²) >= 11 is 0. The maximum atomic E-state index is 13.0. The SMILES string of the molecule is C[C@H](Oc1ccc(F)c(F)c1)C(=O)N1CC[C@@H](N)C1. The predicted molar refractivity (Wildman–Crippen MR) is 65.6 cm³/mol. The molecule has 104 valence electrons. The summed E-state index contributed by atoms with van der Waals surface area (Å²) in [7, 11) is 0. The summed E-state index contributed by atoms with van der Waals surface area (Å²) in [6.45, 7) is 2.68. The van der Waals surface area contributed by atoms with E-state index in [9.17, 15) is 13.6 Å². The molecule has 0 aliphatic carbocycles. The van der Waals surface area contributed by atoms with Gasteiger partial charge in [0, 0.05) is 25.2 Å². The lowest BCUT2D eigenvalue weighted by atomic mass is 10.3. The lowest BCUT2D eigenvalue weighted by molar-refractivity contribution is -0.136. The van der Waals surface area contributed by atoms with Crippen LogP contribution in [-0.4, -0.2) is 36.0 Å². The quantitative estimate of drug-likeness (QED) is 0.900. The topological polar surface area (TPSA) is 55.6 Å². The first kappa shape index (κ1) is 13.7. The third kappa shape index (κ3) is 3.20. The Labute approximate surface area is 110 Å². The molecule has 1 aromatic rings. The van der Waals surface area contributed by atoms with Crippen molar-refractivity contribution in [3.05, 3.63) is 29.8 Å². The van der Waals surface area contributed by atoms with Crippen molar-refractivity contribution in [2.45, 2.75) is 25.5 Å². The molecule has 1 amide bonds. The van der Waals surface area contributed by atoms with Gasteiger partial charge in [-0.3, -0.25) is 4.79 Å². The zero-order valence-electron chi connectivity index (χ0n) is 10.6. The van der Waals surface area contributed by atoms with Gasteiger partial charge in [0.2, 0.25) is 0 Å². The molecule has 1 fully saturated rings. The van der Waals surface area contributed by atoms with E-state index in [1.165, 1.54) is 6.07 Å². The Balaban J connectivity index is 1.98. The number of nitrogens with two attached hydrogens (primary N) is 1. The van der Waals surface area contributed by atoms with Crippen LogP contribution < -0.4 is 10.5 Å². The normalized spacial score (nSPS) is 20.4. The molecule has 0 unspecified atom stereocenters. The largest absolute Gasteiger partial charge is 0.481 e. The van der Waals surface area contributed by atoms with E-state index in [0.29, 0.717) is 13.1 Å². The molecule has 1 heterocycles. The highest BCUT2D eigenvalue weighted by Gasteiger charge is 2.28. The minimum absolute atomic E-state index is 0.000541. The van der Waals surface area contributed by atoms with Crippen LogP contribution in [0.25, 0.3) is 0 Å². The molecule has 4 nitrogen and oxygen atoms in total. The monoisotopic (exact) mass is 270 g/mol. The van der Waals surface area contributed by atoms with Gasteiger partial charge in [0.1, 0.15) is 5.75 Å². The van der Waals surface area contributed by atoms with Crippen molar-refractivity contribution in [1.82, 2.24) is 4.90 Å². The fourth-order valence-electron chi connectivity index (χ4n) is 2.05. The lowest BCUT2D eigenvalue weighted by Crippen LogP contribution is -2.40. The van der Waals surface area contributed by atoms with Crippen molar-refractivity contribution in [1.29, 1.82) is 0 Å². The summed E-state index contributed by atoms with van der Waals surface area (Å²) < 4.78 is 31.1. The minimum Gasteiger partial charge on any atom is -0.481 e. The minimum atomic E-state index is -1.000. The second-order valence-electron chi connectivity index (χ2n) is 4.67. The van der Waals surface area contributed by atoms with Crippen LogP contribution >= 0.6 is 0 Å². The van der Waals surface area contributed by atoms with E-state index >= 15 is 0 Å². The fraction of sp³-hybridized carbons (Fsp3) is 0.462. The van der Waals surface area contributed by atoms with Gasteiger partial charge in [0.15, 0.2) is 17.7 Å². The van der Waals surface area contributed by atoms with Crippen LogP contribution in [0.4, 0.5) is 8.78 Å². The van der Waals surface area contributed by atoms with E-state index in [4.69, 9.17) is 10.5 Å². The van der Waals surface area contributed by atoms with Gasteiger partial charge in [-0.2, -0.15) is 0 Å². The number of carbonyl (C=O) groups excluding carboxylic acids is 1. The molecule has 2 rings (SSSR count). The fourth-order valence-corrected chi connectivity index (χ4v) is 2.05. The second-order valence-corrected chi connectivity index (χ2v) is 4.67. The number of nitrogens with zero attached hydrogens (tertiary/aromatic N) is 1. The number of hydrogen-bond acceptors (Lipinski definition) is 3. The van der Waals surface area contributed by atoms with E-state index in [0.717, 1.165) is 18.6 Å². The van der Waals surface area contributed by atoms with Gasteiger partial charge in [0.05, 0.1) is 0 Å². The van der Waals surface area contributed by atoms with Gasteiger partial charge in [0.25, 0.3) is 5.91 Å². The van der Waals surface area contributed by atoms with Crippen molar-refractivity contribution in [2.75, 3.05) is 13.1 Å². The highest BCUT2D eigenvalue weighted by molar-refractivity contribution is 5.81. The number of halogens is 2. The molecular weight excluding hydrogens is 254 g/mol. The average Bonchev–Trinajstić information content (AvgIpc) is 2.79. The number of benzene rings is 1. The van der Waals surface area contributed by atoms with Crippen LogP contribution in [0, 0.1) is 11.6 Å². The second kappa shape index (κ2) is 5.52. The number of amides is 1. The Morgan fingerprint density at radius 1 is 1.47 bits per heavy atom. The van der Waals surface area contributed by atoms with E-state index in [1.807, 2.05) is 0 Å². The Morgan fingerprint density at radius 2 is 2.21 bits per heavy atom. The predicted octanol–water partition coefficient (Wildman–Crippen LogP) is 1.29. The molecule has 0 radical (unpaired) electrons. The lowest BCUT2D eigenvalue weighted by Gasteiger charge is -2.21. The van der Waals surface area contributed by atoms with Crippen molar-refractivity contribution >= 4 is 5.91 Å². The third-order valence-corrected chi connectivity index (χ3v) is 3.09. The molecule has 0 bridgehead atoms. The van der Waals surface area contributed by atoms with Crippen molar-refractivity contribution in [3.63, 3.8) is 0 Å². The molecule has 0 aromatic heterocycles. The van der Waals surface area contributed by atoms with Gasteiger partial charge >= 0.3 is 0 Å². The van der Waals surface area contributed by atoms with Crippen LogP contribution in [0.2, 0.25) is 0 Å². The van der Waals surface area contributed by atoms with Gasteiger partial charge in [-0.1, -0.05) is 0 Å². The molecule has 19 heavy (non-hydrogen) atoms. The first-order chi connectivity index (χ1) is 8.97. The summed E-state index contributed by atoms with van der Waals surface area (Å²) in [6.07, 6.45) is 0.0130. The van der Waals surface area contributed by atoms with Gasteiger partial charge in [-0.15, -0.1) is 0 Å². The highest BCUT2D eigenvalue weighted by Crippen LogP contribution is 2.18. The summed E-state index contributed by atoms with van der Waals surface area (Å²) in [5.74, 6) is -2.02. The summed E-state index contributed by atoms with van der Waals surface area (Å²) in [5, 5.41) is 0. The molecular formula is C13H16F2N2O2. The van der Waals surface area contributed by atoms with Crippen molar-refractivity contribution < 1.29 is 18.3 Å². The Bertz CT molecular complexity index is 482. The number of hydrogen-bond donors (Lipinski definition) is 1. The summed E-state index contributed by atoms with van der Waals surface area (Å²) in [4.78, 5) is 13.6. The standard InChI is InChI=1S/C13H16F2N2O2/c1-8(13(18)17-5-4-9(16)7-17)19-10-2-3-11(14)12(15)6-10/h2-3,6,8-9H,4-5,7,16H2,1H3/t8-,9+/m0/s1. The number of ether oxygens (including phenoxy) is 1. The molecule has 1 saturated heterocycles. The first-order valence-electron chi connectivity index (χ1n) is 6.13. The van der Waals surface area contributed by atoms with E-state index in [-0.39, 0.29) is 17.7 Å². The molecule has 0 saturated carbocycles. The maximum Gasteiger partial charge on any atom is 0.263 e. The molecule has 1 aliphatic rings. The van der Waals surface area contributed by atoms with Crippen molar-refractivity contribution in [2.24, 2.45) is 5.73 Å². The molecule has 1 aliphatic heterocycles. The molecule has 1 aromatic carbocycles. The van der Waals surface area contributed by atoms with Crippen LogP contribution in [0.5, 0.6) is 5.75 Å². The Hall–Kier alpha value is -1.69.